The Morgan fingerprint density at radius 2 is 1.94 bits per heavy atom. The molecule has 0 amide bonds. The van der Waals surface area contributed by atoms with Gasteiger partial charge in [-0.1, -0.05) is 6.42 Å². The second kappa shape index (κ2) is 3.62. The quantitative estimate of drug-likeness (QED) is 0.668. The first-order valence-corrected chi connectivity index (χ1v) is 6.23. The molecule has 1 N–H and O–H groups in total. The minimum absolute atomic E-state index is 1.10. The summed E-state index contributed by atoms with van der Waals surface area (Å²) >= 11 is 0. The summed E-state index contributed by atoms with van der Waals surface area (Å²) in [5.74, 6) is 0. The Kier molecular flexibility index (Phi) is 2.23. The molecule has 0 fully saturated rings. The predicted octanol–water partition coefficient (Wildman–Crippen LogP) is 3.45. The average Bonchev–Trinajstić information content (AvgIpc) is 2.42. The molecule has 0 aromatic carbocycles. The van der Waals surface area contributed by atoms with Gasteiger partial charge in [-0.25, -0.2) is 4.98 Å². The molecular weight excluding hydrogens is 196 g/mol. The maximum Gasteiger partial charge on any atom is 0.138 e. The first kappa shape index (κ1) is 9.88. The molecule has 2 aromatic heterocycles. The number of nitrogens with one attached hydrogen (secondary N) is 1. The Bertz CT molecular complexity index is 537. The summed E-state index contributed by atoms with van der Waals surface area (Å²) in [7, 11) is 0. The van der Waals surface area contributed by atoms with Crippen LogP contribution in [0.4, 0.5) is 0 Å². The second-order valence-electron chi connectivity index (χ2n) is 4.95. The third-order valence-corrected chi connectivity index (χ3v) is 3.63. The number of hydrogen-bond acceptors (Lipinski definition) is 1. The van der Waals surface area contributed by atoms with Gasteiger partial charge in [0.1, 0.15) is 5.65 Å². The lowest BCUT2D eigenvalue weighted by molar-refractivity contribution is 0.708. The topological polar surface area (TPSA) is 28.7 Å². The maximum atomic E-state index is 4.62. The second-order valence-corrected chi connectivity index (χ2v) is 4.95. The molecule has 3 rings (SSSR count). The fraction of sp³-hybridized carbons (Fsp3) is 0.500. The lowest BCUT2D eigenvalue weighted by Crippen LogP contribution is -1.88. The van der Waals surface area contributed by atoms with E-state index in [1.807, 2.05) is 0 Å². The number of H-pyrrole nitrogens is 1. The van der Waals surface area contributed by atoms with Gasteiger partial charge in [0.05, 0.1) is 0 Å². The van der Waals surface area contributed by atoms with Crippen LogP contribution in [0, 0.1) is 13.8 Å². The van der Waals surface area contributed by atoms with Gasteiger partial charge in [0.15, 0.2) is 0 Å². The summed E-state index contributed by atoms with van der Waals surface area (Å²) in [6, 6.07) is 2.20. The Morgan fingerprint density at radius 1 is 1.12 bits per heavy atom. The Labute approximate surface area is 96.1 Å². The van der Waals surface area contributed by atoms with Crippen LogP contribution in [0.2, 0.25) is 0 Å². The van der Waals surface area contributed by atoms with Crippen LogP contribution in [0.25, 0.3) is 11.0 Å². The van der Waals surface area contributed by atoms with E-state index < -0.39 is 0 Å². The van der Waals surface area contributed by atoms with Crippen LogP contribution in [0.5, 0.6) is 0 Å². The highest BCUT2D eigenvalue weighted by atomic mass is 14.9. The summed E-state index contributed by atoms with van der Waals surface area (Å²) in [5, 5.41) is 1.39. The molecule has 0 saturated heterocycles. The zero-order valence-electron chi connectivity index (χ0n) is 10.1. The van der Waals surface area contributed by atoms with E-state index in [9.17, 15) is 0 Å². The molecule has 1 aliphatic rings. The van der Waals surface area contributed by atoms with Crippen molar-refractivity contribution >= 4 is 11.0 Å². The fourth-order valence-electron chi connectivity index (χ4n) is 2.95. The Hall–Kier alpha value is -1.31. The highest BCUT2D eigenvalue weighted by Crippen LogP contribution is 2.29. The first-order valence-electron chi connectivity index (χ1n) is 6.23. The van der Waals surface area contributed by atoms with E-state index in [1.165, 1.54) is 54.3 Å². The van der Waals surface area contributed by atoms with Gasteiger partial charge in [0.25, 0.3) is 0 Å². The molecule has 0 aliphatic heterocycles. The molecule has 2 heteroatoms. The molecule has 0 atom stereocenters. The van der Waals surface area contributed by atoms with Crippen LogP contribution >= 0.6 is 0 Å². The van der Waals surface area contributed by atoms with E-state index in [-0.39, 0.29) is 0 Å². The number of aromatic nitrogens is 2. The van der Waals surface area contributed by atoms with Gasteiger partial charge in [-0.2, -0.15) is 0 Å². The SMILES string of the molecule is Cc1cc(C)c2c3c([nH]c2n1)CCCCC3. The summed E-state index contributed by atoms with van der Waals surface area (Å²) in [6.45, 7) is 4.27. The van der Waals surface area contributed by atoms with Gasteiger partial charge < -0.3 is 4.98 Å². The third kappa shape index (κ3) is 1.44. The molecular formula is C14H18N2. The molecule has 1 aliphatic carbocycles. The van der Waals surface area contributed by atoms with Gasteiger partial charge in [0.2, 0.25) is 0 Å². The number of hydrogen-bond donors (Lipinski definition) is 1. The van der Waals surface area contributed by atoms with Crippen LogP contribution in [-0.4, -0.2) is 9.97 Å². The van der Waals surface area contributed by atoms with E-state index >= 15 is 0 Å². The molecule has 0 radical (unpaired) electrons. The molecule has 0 saturated carbocycles. The molecule has 16 heavy (non-hydrogen) atoms. The molecule has 2 heterocycles. The summed E-state index contributed by atoms with van der Waals surface area (Å²) in [4.78, 5) is 8.14. The van der Waals surface area contributed by atoms with Crippen LogP contribution in [-0.2, 0) is 12.8 Å². The van der Waals surface area contributed by atoms with E-state index in [2.05, 4.69) is 29.9 Å². The smallest absolute Gasteiger partial charge is 0.138 e. The molecule has 2 nitrogen and oxygen atoms in total. The van der Waals surface area contributed by atoms with Crippen molar-refractivity contribution in [2.24, 2.45) is 0 Å². The zero-order valence-corrected chi connectivity index (χ0v) is 10.1. The van der Waals surface area contributed by atoms with Gasteiger partial charge in [-0.3, -0.25) is 0 Å². The molecule has 84 valence electrons. The van der Waals surface area contributed by atoms with Gasteiger partial charge in [-0.05, 0) is 56.7 Å². The standard InChI is InChI=1S/C14H18N2/c1-9-8-10(2)15-14-13(9)11-6-4-3-5-7-12(11)16-14/h8H,3-7H2,1-2H3,(H,15,16). The van der Waals surface area contributed by atoms with E-state index in [4.69, 9.17) is 0 Å². The van der Waals surface area contributed by atoms with Crippen molar-refractivity contribution in [3.05, 3.63) is 28.6 Å². The molecule has 0 unspecified atom stereocenters. The van der Waals surface area contributed by atoms with Crippen LogP contribution in [0.15, 0.2) is 6.07 Å². The first-order chi connectivity index (χ1) is 7.75. The van der Waals surface area contributed by atoms with Crippen molar-refractivity contribution in [1.29, 1.82) is 0 Å². The lowest BCUT2D eigenvalue weighted by atomic mass is 10.0. The number of aromatic amines is 1. The van der Waals surface area contributed by atoms with Gasteiger partial charge >= 0.3 is 0 Å². The van der Waals surface area contributed by atoms with Crippen molar-refractivity contribution < 1.29 is 0 Å². The van der Waals surface area contributed by atoms with Gasteiger partial charge in [-0.15, -0.1) is 0 Å². The number of nitrogens with zero attached hydrogens (tertiary/aromatic N) is 1. The van der Waals surface area contributed by atoms with Crippen molar-refractivity contribution in [2.45, 2.75) is 46.0 Å². The van der Waals surface area contributed by atoms with Gasteiger partial charge in [0, 0.05) is 16.8 Å². The average molecular weight is 214 g/mol. The maximum absolute atomic E-state index is 4.62. The van der Waals surface area contributed by atoms with E-state index in [1.54, 1.807) is 0 Å². The summed E-state index contributed by atoms with van der Waals surface area (Å²) < 4.78 is 0. The predicted molar refractivity (Wildman–Crippen MR) is 66.8 cm³/mol. The van der Waals surface area contributed by atoms with Crippen molar-refractivity contribution in [2.75, 3.05) is 0 Å². The minimum atomic E-state index is 1.10. The Morgan fingerprint density at radius 3 is 2.81 bits per heavy atom. The largest absolute Gasteiger partial charge is 0.343 e. The number of pyridine rings is 1. The molecule has 2 aromatic rings. The molecule has 0 bridgehead atoms. The Balaban J connectivity index is 2.29. The fourth-order valence-corrected chi connectivity index (χ4v) is 2.95. The highest BCUT2D eigenvalue weighted by molar-refractivity contribution is 5.85. The van der Waals surface area contributed by atoms with E-state index in [0.717, 1.165) is 11.3 Å². The van der Waals surface area contributed by atoms with Crippen LogP contribution in [0.3, 0.4) is 0 Å². The van der Waals surface area contributed by atoms with Crippen molar-refractivity contribution in [1.82, 2.24) is 9.97 Å². The molecule has 0 spiro atoms. The summed E-state index contributed by atoms with van der Waals surface area (Å²) in [5.41, 5.74) is 6.57. The van der Waals surface area contributed by atoms with E-state index in [0.29, 0.717) is 0 Å². The van der Waals surface area contributed by atoms with Crippen molar-refractivity contribution in [3.8, 4) is 0 Å². The normalized spacial score (nSPS) is 16.1. The monoisotopic (exact) mass is 214 g/mol. The number of rotatable bonds is 0. The number of aryl methyl sites for hydroxylation is 4. The van der Waals surface area contributed by atoms with Crippen LogP contribution in [0.1, 0.15) is 41.8 Å². The van der Waals surface area contributed by atoms with Crippen molar-refractivity contribution in [3.63, 3.8) is 0 Å². The third-order valence-electron chi connectivity index (χ3n) is 3.63. The highest BCUT2D eigenvalue weighted by Gasteiger charge is 2.16. The zero-order chi connectivity index (χ0) is 11.1. The lowest BCUT2D eigenvalue weighted by Gasteiger charge is -2.02. The van der Waals surface area contributed by atoms with Crippen LogP contribution < -0.4 is 0 Å². The number of fused-ring (bicyclic) bond motifs is 3. The summed E-state index contributed by atoms with van der Waals surface area (Å²) in [6.07, 6.45) is 6.43. The minimum Gasteiger partial charge on any atom is -0.343 e.